The van der Waals surface area contributed by atoms with E-state index in [1.54, 1.807) is 17.7 Å². The second-order valence-electron chi connectivity index (χ2n) is 4.88. The van der Waals surface area contributed by atoms with Crippen molar-refractivity contribution in [3.8, 4) is 5.75 Å². The lowest BCUT2D eigenvalue weighted by Gasteiger charge is -2.07. The number of hydrogen-bond donors (Lipinski definition) is 0. The molecule has 0 atom stereocenters. The number of halogens is 1. The summed E-state index contributed by atoms with van der Waals surface area (Å²) in [6.45, 7) is 3.91. The first kappa shape index (κ1) is 14.2. The lowest BCUT2D eigenvalue weighted by atomic mass is 10.2. The topological polar surface area (TPSA) is 31.2 Å². The van der Waals surface area contributed by atoms with E-state index in [1.165, 1.54) is 11.3 Å². The third-order valence-corrected chi connectivity index (χ3v) is 4.70. The monoisotopic (exact) mass is 319 g/mol. The van der Waals surface area contributed by atoms with E-state index in [2.05, 4.69) is 0 Å². The van der Waals surface area contributed by atoms with Gasteiger partial charge in [0.2, 0.25) is 0 Å². The molecule has 1 aromatic carbocycles. The Kier molecular flexibility index (Phi) is 3.51. The van der Waals surface area contributed by atoms with E-state index >= 15 is 0 Å². The highest BCUT2D eigenvalue weighted by molar-refractivity contribution is 7.14. The summed E-state index contributed by atoms with van der Waals surface area (Å²) in [7, 11) is 1.58. The van der Waals surface area contributed by atoms with E-state index < -0.39 is 0 Å². The summed E-state index contributed by atoms with van der Waals surface area (Å²) in [6, 6.07) is 9.41. The number of aromatic nitrogens is 1. The van der Waals surface area contributed by atoms with Crippen LogP contribution in [0.25, 0.3) is 10.9 Å². The lowest BCUT2D eigenvalue weighted by molar-refractivity contribution is 0.0967. The molecule has 3 nitrogen and oxygen atoms in total. The first-order valence-electron chi connectivity index (χ1n) is 6.48. The normalized spacial score (nSPS) is 11.0. The van der Waals surface area contributed by atoms with E-state index in [9.17, 15) is 4.79 Å². The Bertz CT molecular complexity index is 847. The summed E-state index contributed by atoms with van der Waals surface area (Å²) in [5, 5.41) is 1.44. The Morgan fingerprint density at radius 3 is 2.62 bits per heavy atom. The van der Waals surface area contributed by atoms with Crippen LogP contribution in [0, 0.1) is 13.8 Å². The van der Waals surface area contributed by atoms with Crippen LogP contribution >= 0.6 is 22.9 Å². The van der Waals surface area contributed by atoms with Crippen molar-refractivity contribution in [1.29, 1.82) is 0 Å². The van der Waals surface area contributed by atoms with Crippen molar-refractivity contribution in [1.82, 2.24) is 4.57 Å². The predicted molar refractivity (Wildman–Crippen MR) is 87.0 cm³/mol. The molecule has 2 heterocycles. The van der Waals surface area contributed by atoms with Gasteiger partial charge >= 0.3 is 0 Å². The summed E-state index contributed by atoms with van der Waals surface area (Å²) in [4.78, 5) is 14.6. The van der Waals surface area contributed by atoms with E-state index in [1.807, 2.05) is 38.1 Å². The number of thiophene rings is 1. The minimum atomic E-state index is -0.0261. The summed E-state index contributed by atoms with van der Waals surface area (Å²) in [5.74, 6) is 0.586. The summed E-state index contributed by atoms with van der Waals surface area (Å²) >= 11 is 7.69. The molecule has 5 heteroatoms. The smallest absolute Gasteiger partial charge is 0.272 e. The molecule has 0 aliphatic heterocycles. The molecule has 0 bridgehead atoms. The molecule has 0 aliphatic rings. The number of carbonyl (C=O) groups is 1. The Balaban J connectivity index is 2.20. The molecule has 0 radical (unpaired) electrons. The van der Waals surface area contributed by atoms with Gasteiger partial charge in [-0.05, 0) is 44.2 Å². The molecule has 0 spiro atoms. The fraction of sp³-hybridized carbons (Fsp3) is 0.188. The van der Waals surface area contributed by atoms with Crippen LogP contribution in [0.1, 0.15) is 20.2 Å². The van der Waals surface area contributed by atoms with Crippen LogP contribution in [-0.4, -0.2) is 17.6 Å². The lowest BCUT2D eigenvalue weighted by Crippen LogP contribution is -2.11. The Morgan fingerprint density at radius 2 is 2.00 bits per heavy atom. The third-order valence-electron chi connectivity index (χ3n) is 3.41. The maximum atomic E-state index is 12.7. The zero-order valence-electron chi connectivity index (χ0n) is 11.9. The molecule has 0 N–H and O–H groups in total. The van der Waals surface area contributed by atoms with Gasteiger partial charge in [0.1, 0.15) is 5.75 Å². The van der Waals surface area contributed by atoms with E-state index in [0.29, 0.717) is 10.8 Å². The Hall–Kier alpha value is -1.78. The molecule has 3 rings (SSSR count). The maximum absolute atomic E-state index is 12.7. The second-order valence-corrected chi connectivity index (χ2v) is 6.58. The Labute approximate surface area is 131 Å². The zero-order valence-corrected chi connectivity index (χ0v) is 13.5. The first-order valence-corrected chi connectivity index (χ1v) is 7.67. The number of aryl methyl sites for hydroxylation is 2. The van der Waals surface area contributed by atoms with Crippen molar-refractivity contribution < 1.29 is 9.53 Å². The molecule has 2 aromatic heterocycles. The number of benzene rings is 1. The van der Waals surface area contributed by atoms with E-state index in [0.717, 1.165) is 26.4 Å². The highest BCUT2D eigenvalue weighted by atomic mass is 35.5. The molecule has 0 saturated carbocycles. The highest BCUT2D eigenvalue weighted by Crippen LogP contribution is 2.32. The maximum Gasteiger partial charge on any atom is 0.272 e. The number of ether oxygens (including phenoxy) is 1. The summed E-state index contributed by atoms with van der Waals surface area (Å²) < 4.78 is 6.93. The molecule has 0 saturated heterocycles. The fourth-order valence-corrected chi connectivity index (χ4v) is 3.47. The van der Waals surface area contributed by atoms with Crippen LogP contribution in [-0.2, 0) is 0 Å². The summed E-state index contributed by atoms with van der Waals surface area (Å²) in [5.41, 5.74) is 1.68. The van der Waals surface area contributed by atoms with Crippen LogP contribution in [0.3, 0.4) is 0 Å². The fourth-order valence-electron chi connectivity index (χ4n) is 2.43. The van der Waals surface area contributed by atoms with E-state index in [-0.39, 0.29) is 5.91 Å². The number of rotatable bonds is 2. The predicted octanol–water partition coefficient (Wildman–Crippen LogP) is 4.67. The number of fused-ring (bicyclic) bond motifs is 1. The minimum Gasteiger partial charge on any atom is -0.495 e. The number of hydrogen-bond acceptors (Lipinski definition) is 3. The van der Waals surface area contributed by atoms with E-state index in [4.69, 9.17) is 16.3 Å². The van der Waals surface area contributed by atoms with Crippen molar-refractivity contribution in [3.63, 3.8) is 0 Å². The first-order chi connectivity index (χ1) is 10.0. The quantitative estimate of drug-likeness (QED) is 0.687. The van der Waals surface area contributed by atoms with Crippen molar-refractivity contribution in [2.24, 2.45) is 0 Å². The SMILES string of the molecule is COc1cc2cc(C)n(C(=O)c3ccc(C)s3)c2cc1Cl. The molecule has 0 amide bonds. The number of methoxy groups -OCH3 is 1. The highest BCUT2D eigenvalue weighted by Gasteiger charge is 2.17. The van der Waals surface area contributed by atoms with Crippen LogP contribution in [0.2, 0.25) is 5.02 Å². The molecule has 21 heavy (non-hydrogen) atoms. The summed E-state index contributed by atoms with van der Waals surface area (Å²) in [6.07, 6.45) is 0. The minimum absolute atomic E-state index is 0.0261. The van der Waals surface area contributed by atoms with Crippen LogP contribution in [0.5, 0.6) is 5.75 Å². The van der Waals surface area contributed by atoms with Crippen LogP contribution in [0.15, 0.2) is 30.3 Å². The standard InChI is InChI=1S/C16H14ClNO2S/c1-9-6-11-7-14(20-3)12(17)8-13(11)18(9)16(19)15-5-4-10(2)21-15/h4-8H,1-3H3. The molecule has 3 aromatic rings. The van der Waals surface area contributed by atoms with Crippen LogP contribution < -0.4 is 4.74 Å². The third kappa shape index (κ3) is 2.34. The molecule has 0 unspecified atom stereocenters. The van der Waals surface area contributed by atoms with Crippen molar-refractivity contribution in [3.05, 3.63) is 50.8 Å². The largest absolute Gasteiger partial charge is 0.495 e. The molecular weight excluding hydrogens is 306 g/mol. The molecular formula is C16H14ClNO2S. The van der Waals surface area contributed by atoms with Crippen molar-refractivity contribution >= 4 is 39.7 Å². The van der Waals surface area contributed by atoms with Gasteiger partial charge in [0.25, 0.3) is 5.91 Å². The van der Waals surface area contributed by atoms with Crippen molar-refractivity contribution in [2.75, 3.05) is 7.11 Å². The van der Waals surface area contributed by atoms with Crippen molar-refractivity contribution in [2.45, 2.75) is 13.8 Å². The molecule has 0 fully saturated rings. The molecule has 108 valence electrons. The molecule has 0 aliphatic carbocycles. The average molecular weight is 320 g/mol. The van der Waals surface area contributed by atoms with Gasteiger partial charge in [-0.25, -0.2) is 0 Å². The Morgan fingerprint density at radius 1 is 1.24 bits per heavy atom. The average Bonchev–Trinajstić information content (AvgIpc) is 3.00. The van der Waals surface area contributed by atoms with Gasteiger partial charge in [-0.3, -0.25) is 9.36 Å². The van der Waals surface area contributed by atoms with Gasteiger partial charge in [-0.2, -0.15) is 0 Å². The van der Waals surface area contributed by atoms with Gasteiger partial charge in [-0.15, -0.1) is 11.3 Å². The van der Waals surface area contributed by atoms with Gasteiger partial charge in [0.05, 0.1) is 22.5 Å². The zero-order chi connectivity index (χ0) is 15.1. The van der Waals surface area contributed by atoms with Crippen LogP contribution in [0.4, 0.5) is 0 Å². The van der Waals surface area contributed by atoms with Gasteiger partial charge < -0.3 is 4.74 Å². The van der Waals surface area contributed by atoms with Gasteiger partial charge in [-0.1, -0.05) is 11.6 Å². The number of carbonyl (C=O) groups excluding carboxylic acids is 1. The number of nitrogens with zero attached hydrogens (tertiary/aromatic N) is 1. The van der Waals surface area contributed by atoms with Gasteiger partial charge in [0.15, 0.2) is 0 Å². The second kappa shape index (κ2) is 5.20. The van der Waals surface area contributed by atoms with Gasteiger partial charge in [0, 0.05) is 16.0 Å².